The van der Waals surface area contributed by atoms with E-state index in [1.54, 1.807) is 0 Å². The van der Waals surface area contributed by atoms with Gasteiger partial charge in [-0.25, -0.2) is 13.8 Å². The van der Waals surface area contributed by atoms with Crippen molar-refractivity contribution in [3.05, 3.63) is 17.7 Å². The van der Waals surface area contributed by atoms with Gasteiger partial charge in [0.1, 0.15) is 17.6 Å². The van der Waals surface area contributed by atoms with Gasteiger partial charge in [-0.1, -0.05) is 0 Å². The molecule has 1 unspecified atom stereocenters. The molecule has 3 rings (SSSR count). The zero-order valence-electron chi connectivity index (χ0n) is 13.1. The number of nitrogens with one attached hydrogen (secondary N) is 1. The normalized spacial score (nSPS) is 26.4. The summed E-state index contributed by atoms with van der Waals surface area (Å²) in [6.07, 6.45) is 1.56. The average molecular weight is 328 g/mol. The average Bonchev–Trinajstić information content (AvgIpc) is 3.00. The topological polar surface area (TPSA) is 72.5 Å². The maximum absolute atomic E-state index is 13.6. The highest BCUT2D eigenvalue weighted by Crippen LogP contribution is 2.29. The lowest BCUT2D eigenvalue weighted by Gasteiger charge is -2.35. The number of H-pyrrole nitrogens is 1. The van der Waals surface area contributed by atoms with E-state index in [2.05, 4.69) is 21.9 Å². The van der Waals surface area contributed by atoms with Gasteiger partial charge in [0.2, 0.25) is 0 Å². The first kappa shape index (κ1) is 16.3. The van der Waals surface area contributed by atoms with Crippen LogP contribution in [0, 0.1) is 0 Å². The Morgan fingerprint density at radius 1 is 1.35 bits per heavy atom. The molecule has 0 aliphatic carbocycles. The number of aromatic amines is 1. The number of hydrogen-bond acceptors (Lipinski definition) is 4. The predicted molar refractivity (Wildman–Crippen MR) is 79.5 cm³/mol. The Kier molecular flexibility index (Phi) is 4.37. The van der Waals surface area contributed by atoms with Crippen LogP contribution < -0.4 is 0 Å². The Hall–Kier alpha value is -1.54. The minimum Gasteiger partial charge on any atom is -0.387 e. The fourth-order valence-corrected chi connectivity index (χ4v) is 3.21. The number of carbonyl (C=O) groups excluding carboxylic acids is 1. The van der Waals surface area contributed by atoms with Crippen LogP contribution in [-0.4, -0.2) is 76.0 Å². The number of nitrogens with zero attached hydrogens (tertiary/aromatic N) is 3. The van der Waals surface area contributed by atoms with Crippen molar-refractivity contribution in [2.24, 2.45) is 0 Å². The van der Waals surface area contributed by atoms with Crippen molar-refractivity contribution in [2.45, 2.75) is 37.2 Å². The molecule has 0 spiro atoms. The van der Waals surface area contributed by atoms with Gasteiger partial charge in [0.15, 0.2) is 0 Å². The van der Waals surface area contributed by atoms with Gasteiger partial charge in [0.05, 0.1) is 12.7 Å². The van der Waals surface area contributed by atoms with Crippen molar-refractivity contribution in [1.82, 2.24) is 19.8 Å². The predicted octanol–water partition coefficient (Wildman–Crippen LogP) is 1.06. The molecule has 8 heteroatoms. The molecule has 1 atom stereocenters. The van der Waals surface area contributed by atoms with Gasteiger partial charge in [-0.15, -0.1) is 0 Å². The van der Waals surface area contributed by atoms with E-state index in [4.69, 9.17) is 0 Å². The number of aliphatic hydroxyl groups excluding tert-OH is 1. The number of alkyl halides is 2. The lowest BCUT2D eigenvalue weighted by Crippen LogP contribution is -2.53. The first-order valence-corrected chi connectivity index (χ1v) is 7.95. The van der Waals surface area contributed by atoms with Crippen LogP contribution in [0.5, 0.6) is 0 Å². The van der Waals surface area contributed by atoms with Crippen LogP contribution >= 0.6 is 0 Å². The molecule has 1 aromatic rings. The summed E-state index contributed by atoms with van der Waals surface area (Å²) in [7, 11) is 2.07. The van der Waals surface area contributed by atoms with E-state index in [9.17, 15) is 18.7 Å². The molecule has 0 saturated carbocycles. The van der Waals surface area contributed by atoms with Crippen LogP contribution in [0.1, 0.15) is 41.5 Å². The van der Waals surface area contributed by atoms with Crippen molar-refractivity contribution in [3.63, 3.8) is 0 Å². The summed E-state index contributed by atoms with van der Waals surface area (Å²) in [6, 6.07) is 0. The zero-order chi connectivity index (χ0) is 16.6. The van der Waals surface area contributed by atoms with Gasteiger partial charge in [0.25, 0.3) is 11.8 Å². The number of amides is 1. The minimum absolute atomic E-state index is 0.116. The van der Waals surface area contributed by atoms with Crippen molar-refractivity contribution >= 4 is 5.91 Å². The minimum atomic E-state index is -3.26. The van der Waals surface area contributed by atoms with Gasteiger partial charge < -0.3 is 19.9 Å². The Morgan fingerprint density at radius 3 is 2.70 bits per heavy atom. The van der Waals surface area contributed by atoms with Crippen molar-refractivity contribution in [1.29, 1.82) is 0 Å². The van der Waals surface area contributed by atoms with Crippen molar-refractivity contribution in [3.8, 4) is 0 Å². The smallest absolute Gasteiger partial charge is 0.290 e. The molecule has 2 fully saturated rings. The Balaban J connectivity index is 1.67. The molecule has 1 aromatic heterocycles. The lowest BCUT2D eigenvalue weighted by molar-refractivity contribution is -0.142. The molecule has 2 N–H and O–H groups in total. The number of aromatic nitrogens is 2. The molecule has 2 aliphatic rings. The molecule has 1 amide bonds. The van der Waals surface area contributed by atoms with Gasteiger partial charge in [-0.3, -0.25) is 4.79 Å². The third kappa shape index (κ3) is 3.37. The van der Waals surface area contributed by atoms with Crippen molar-refractivity contribution in [2.75, 3.05) is 33.2 Å². The Bertz CT molecular complexity index is 570. The highest BCUT2D eigenvalue weighted by atomic mass is 19.3. The molecule has 2 saturated heterocycles. The summed E-state index contributed by atoms with van der Waals surface area (Å²) >= 11 is 0. The third-order valence-corrected chi connectivity index (χ3v) is 4.78. The van der Waals surface area contributed by atoms with Crippen LogP contribution in [0.25, 0.3) is 0 Å². The summed E-state index contributed by atoms with van der Waals surface area (Å²) in [4.78, 5) is 23.0. The number of carbonyl (C=O) groups is 1. The Morgan fingerprint density at radius 2 is 2.04 bits per heavy atom. The lowest BCUT2D eigenvalue weighted by atomic mass is 9.97. The van der Waals surface area contributed by atoms with Gasteiger partial charge in [-0.05, 0) is 39.4 Å². The fourth-order valence-electron chi connectivity index (χ4n) is 3.21. The van der Waals surface area contributed by atoms with E-state index in [0.717, 1.165) is 36.7 Å². The van der Waals surface area contributed by atoms with E-state index < -0.39 is 24.5 Å². The summed E-state index contributed by atoms with van der Waals surface area (Å²) < 4.78 is 27.2. The van der Waals surface area contributed by atoms with Crippen molar-refractivity contribution < 1.29 is 18.7 Å². The number of halogens is 2. The maximum Gasteiger partial charge on any atom is 0.290 e. The number of likely N-dealkylation sites (tertiary alicyclic amines) is 2. The molecule has 0 aromatic carbocycles. The molecule has 6 nitrogen and oxygen atoms in total. The van der Waals surface area contributed by atoms with E-state index in [1.165, 1.54) is 6.20 Å². The second kappa shape index (κ2) is 6.16. The van der Waals surface area contributed by atoms with Crippen LogP contribution in [0.2, 0.25) is 0 Å². The number of hydrogen-bond donors (Lipinski definition) is 2. The molecule has 0 bridgehead atoms. The van der Waals surface area contributed by atoms with E-state index >= 15 is 0 Å². The number of imidazole rings is 1. The Labute approximate surface area is 133 Å². The monoisotopic (exact) mass is 328 g/mol. The summed E-state index contributed by atoms with van der Waals surface area (Å²) in [6.45, 7) is 1.32. The molecule has 23 heavy (non-hydrogen) atoms. The van der Waals surface area contributed by atoms with Crippen LogP contribution in [-0.2, 0) is 0 Å². The quantitative estimate of drug-likeness (QED) is 0.851. The number of aliphatic hydroxyl groups is 1. The zero-order valence-corrected chi connectivity index (χ0v) is 13.1. The van der Waals surface area contributed by atoms with E-state index in [1.807, 2.05) is 0 Å². The summed E-state index contributed by atoms with van der Waals surface area (Å²) in [5.41, 5.74) is 0.242. The molecule has 2 aliphatic heterocycles. The molecular formula is C15H22F2N4O2. The van der Waals surface area contributed by atoms with E-state index in [-0.39, 0.29) is 24.6 Å². The van der Waals surface area contributed by atoms with Gasteiger partial charge >= 0.3 is 0 Å². The number of rotatable bonds is 2. The second-order valence-corrected chi connectivity index (χ2v) is 6.55. The highest BCUT2D eigenvalue weighted by Gasteiger charge is 2.45. The highest BCUT2D eigenvalue weighted by molar-refractivity contribution is 5.92. The molecular weight excluding hydrogens is 306 g/mol. The second-order valence-electron chi connectivity index (χ2n) is 6.55. The number of piperidine rings is 2. The van der Waals surface area contributed by atoms with Crippen LogP contribution in [0.15, 0.2) is 6.20 Å². The first-order chi connectivity index (χ1) is 10.9. The standard InChI is InChI=1S/C15H22F2N4O2/c1-20-5-2-10(3-6-20)13-18-8-11(19-13)14(23)21-7-4-12(22)15(16,17)9-21/h8,10,12,22H,2-7,9H2,1H3,(H,18,19). The summed E-state index contributed by atoms with van der Waals surface area (Å²) in [5, 5.41) is 9.29. The molecule has 3 heterocycles. The van der Waals surface area contributed by atoms with Crippen LogP contribution in [0.4, 0.5) is 8.78 Å². The van der Waals surface area contributed by atoms with Gasteiger partial charge in [-0.2, -0.15) is 0 Å². The SMILES string of the molecule is CN1CCC(c2ncc(C(=O)N3CCC(O)C(F)(F)C3)[nH]2)CC1. The molecule has 0 radical (unpaired) electrons. The third-order valence-electron chi connectivity index (χ3n) is 4.78. The first-order valence-electron chi connectivity index (χ1n) is 7.95. The van der Waals surface area contributed by atoms with Crippen LogP contribution in [0.3, 0.4) is 0 Å². The maximum atomic E-state index is 13.6. The summed E-state index contributed by atoms with van der Waals surface area (Å²) in [5.74, 6) is -2.71. The fraction of sp³-hybridized carbons (Fsp3) is 0.733. The van der Waals surface area contributed by atoms with E-state index in [0.29, 0.717) is 0 Å². The van der Waals surface area contributed by atoms with Gasteiger partial charge in [0, 0.05) is 12.5 Å². The largest absolute Gasteiger partial charge is 0.387 e. The molecule has 128 valence electrons.